The minimum atomic E-state index is -0.747. The molecule has 9 heteroatoms. The van der Waals surface area contributed by atoms with Crippen molar-refractivity contribution in [1.82, 2.24) is 0 Å². The maximum Gasteiger partial charge on any atom is 0.259 e. The maximum atomic E-state index is 13.4. The number of halogens is 2. The monoisotopic (exact) mass is 414 g/mol. The largest absolute Gasteiger partial charge is 0.508 e. The summed E-state index contributed by atoms with van der Waals surface area (Å²) in [5.74, 6) is -3.45. The van der Waals surface area contributed by atoms with Crippen molar-refractivity contribution in [3.05, 3.63) is 77.4 Å². The number of amides is 2. The van der Waals surface area contributed by atoms with Crippen LogP contribution in [-0.4, -0.2) is 29.1 Å². The van der Waals surface area contributed by atoms with Crippen LogP contribution < -0.4 is 15.4 Å². The minimum Gasteiger partial charge on any atom is -0.508 e. The number of rotatable bonds is 5. The Kier molecular flexibility index (Phi) is 5.82. The third kappa shape index (κ3) is 4.82. The molecule has 0 radical (unpaired) electrons. The van der Waals surface area contributed by atoms with Gasteiger partial charge in [-0.1, -0.05) is 0 Å². The van der Waals surface area contributed by atoms with Crippen LogP contribution in [0.5, 0.6) is 17.2 Å². The number of carbonyl (C=O) groups excluding carboxylic acids is 2. The number of anilines is 2. The normalized spacial score (nSPS) is 10.4. The highest BCUT2D eigenvalue weighted by Gasteiger charge is 2.17. The topological polar surface area (TPSA) is 108 Å². The van der Waals surface area contributed by atoms with Crippen LogP contribution in [0, 0.1) is 11.6 Å². The quantitative estimate of drug-likeness (QED) is 0.507. The molecule has 0 bridgehead atoms. The molecule has 0 fully saturated rings. The summed E-state index contributed by atoms with van der Waals surface area (Å²) >= 11 is 0. The van der Waals surface area contributed by atoms with Crippen molar-refractivity contribution in [2.24, 2.45) is 0 Å². The van der Waals surface area contributed by atoms with Gasteiger partial charge in [0.1, 0.15) is 28.9 Å². The summed E-state index contributed by atoms with van der Waals surface area (Å²) in [5, 5.41) is 23.7. The minimum absolute atomic E-state index is 0.00430. The average molecular weight is 414 g/mol. The standard InChI is InChI=1S/C21H16F2N2O5/c1-30-19-3-2-11(20(28)24-14-5-12(22)7-16(26)9-14)4-18(19)21(29)25-15-6-13(23)8-17(27)10-15/h2-10,26-27H,1H3,(H,24,28)(H,25,29). The first-order valence-corrected chi connectivity index (χ1v) is 8.55. The van der Waals surface area contributed by atoms with E-state index in [0.717, 1.165) is 36.4 Å². The summed E-state index contributed by atoms with van der Waals surface area (Å²) < 4.78 is 32.0. The lowest BCUT2D eigenvalue weighted by Crippen LogP contribution is -2.16. The number of methoxy groups -OCH3 is 1. The van der Waals surface area contributed by atoms with E-state index < -0.39 is 23.4 Å². The number of carbonyl (C=O) groups is 2. The fourth-order valence-corrected chi connectivity index (χ4v) is 2.72. The van der Waals surface area contributed by atoms with Gasteiger partial charge in [-0.15, -0.1) is 0 Å². The van der Waals surface area contributed by atoms with Crippen LogP contribution >= 0.6 is 0 Å². The summed E-state index contributed by atoms with van der Waals surface area (Å²) in [4.78, 5) is 25.1. The molecular weight excluding hydrogens is 398 g/mol. The van der Waals surface area contributed by atoms with Crippen molar-refractivity contribution >= 4 is 23.2 Å². The molecule has 0 aliphatic rings. The highest BCUT2D eigenvalue weighted by Crippen LogP contribution is 2.25. The number of hydrogen-bond donors (Lipinski definition) is 4. The molecule has 3 aromatic rings. The summed E-state index contributed by atoms with van der Waals surface area (Å²) in [6, 6.07) is 10.1. The Morgan fingerprint density at radius 3 is 1.83 bits per heavy atom. The summed E-state index contributed by atoms with van der Waals surface area (Å²) in [5.41, 5.74) is 0.0435. The number of aromatic hydroxyl groups is 2. The first-order chi connectivity index (χ1) is 14.2. The SMILES string of the molecule is COc1ccc(C(=O)Nc2cc(O)cc(F)c2)cc1C(=O)Nc1cc(O)cc(F)c1. The van der Waals surface area contributed by atoms with Crippen LogP contribution in [0.1, 0.15) is 20.7 Å². The molecule has 4 N–H and O–H groups in total. The van der Waals surface area contributed by atoms with Gasteiger partial charge in [-0.05, 0) is 30.3 Å². The Bertz CT molecular complexity index is 1090. The molecule has 30 heavy (non-hydrogen) atoms. The molecule has 3 aromatic carbocycles. The second-order valence-corrected chi connectivity index (χ2v) is 6.22. The second kappa shape index (κ2) is 8.48. The molecule has 0 atom stereocenters. The number of phenolic OH excluding ortho intramolecular Hbond substituents is 2. The van der Waals surface area contributed by atoms with Gasteiger partial charge in [0, 0.05) is 41.2 Å². The molecule has 0 aliphatic heterocycles. The van der Waals surface area contributed by atoms with E-state index >= 15 is 0 Å². The van der Waals surface area contributed by atoms with E-state index in [-0.39, 0.29) is 39.8 Å². The van der Waals surface area contributed by atoms with E-state index in [1.54, 1.807) is 0 Å². The van der Waals surface area contributed by atoms with E-state index in [1.165, 1.54) is 25.3 Å². The summed E-state index contributed by atoms with van der Waals surface area (Å²) in [6.45, 7) is 0. The molecule has 0 spiro atoms. The van der Waals surface area contributed by atoms with E-state index in [1.807, 2.05) is 0 Å². The van der Waals surface area contributed by atoms with Gasteiger partial charge in [-0.25, -0.2) is 8.78 Å². The molecule has 0 unspecified atom stereocenters. The van der Waals surface area contributed by atoms with Gasteiger partial charge in [0.15, 0.2) is 0 Å². The lowest BCUT2D eigenvalue weighted by molar-refractivity contribution is 0.102. The van der Waals surface area contributed by atoms with Gasteiger partial charge in [0.05, 0.1) is 12.7 Å². The third-order valence-corrected chi connectivity index (χ3v) is 3.99. The zero-order chi connectivity index (χ0) is 21.8. The number of benzene rings is 3. The van der Waals surface area contributed by atoms with Crippen molar-refractivity contribution < 1.29 is 33.3 Å². The molecule has 0 aliphatic carbocycles. The van der Waals surface area contributed by atoms with Gasteiger partial charge in [-0.3, -0.25) is 9.59 Å². The predicted molar refractivity (Wildman–Crippen MR) is 105 cm³/mol. The zero-order valence-corrected chi connectivity index (χ0v) is 15.6. The Morgan fingerprint density at radius 2 is 1.33 bits per heavy atom. The van der Waals surface area contributed by atoms with Gasteiger partial charge in [0.25, 0.3) is 11.8 Å². The van der Waals surface area contributed by atoms with Crippen LogP contribution in [-0.2, 0) is 0 Å². The third-order valence-electron chi connectivity index (χ3n) is 3.99. The van der Waals surface area contributed by atoms with Crippen LogP contribution in [0.2, 0.25) is 0 Å². The Balaban J connectivity index is 1.87. The van der Waals surface area contributed by atoms with Crippen molar-refractivity contribution in [2.45, 2.75) is 0 Å². The van der Waals surface area contributed by atoms with E-state index in [2.05, 4.69) is 10.6 Å². The van der Waals surface area contributed by atoms with E-state index in [9.17, 15) is 28.6 Å². The van der Waals surface area contributed by atoms with Crippen molar-refractivity contribution in [3.8, 4) is 17.2 Å². The molecule has 0 saturated carbocycles. The highest BCUT2D eigenvalue weighted by molar-refractivity contribution is 6.10. The Hall–Kier alpha value is -4.14. The highest BCUT2D eigenvalue weighted by atomic mass is 19.1. The lowest BCUT2D eigenvalue weighted by Gasteiger charge is -2.12. The Labute approximate surface area is 169 Å². The smallest absolute Gasteiger partial charge is 0.259 e. The number of nitrogens with one attached hydrogen (secondary N) is 2. The van der Waals surface area contributed by atoms with Crippen molar-refractivity contribution in [2.75, 3.05) is 17.7 Å². The average Bonchev–Trinajstić information content (AvgIpc) is 2.65. The molecule has 154 valence electrons. The molecule has 2 amide bonds. The second-order valence-electron chi connectivity index (χ2n) is 6.22. The molecule has 0 saturated heterocycles. The van der Waals surface area contributed by atoms with Gasteiger partial charge < -0.3 is 25.6 Å². The molecule has 0 heterocycles. The van der Waals surface area contributed by atoms with E-state index in [4.69, 9.17) is 4.74 Å². The van der Waals surface area contributed by atoms with Gasteiger partial charge in [0.2, 0.25) is 0 Å². The van der Waals surface area contributed by atoms with Crippen molar-refractivity contribution in [1.29, 1.82) is 0 Å². The van der Waals surface area contributed by atoms with Crippen LogP contribution in [0.25, 0.3) is 0 Å². The molecule has 3 rings (SSSR count). The van der Waals surface area contributed by atoms with Gasteiger partial charge in [-0.2, -0.15) is 0 Å². The summed E-state index contributed by atoms with van der Waals surface area (Å²) in [7, 11) is 1.33. The number of phenols is 2. The number of hydrogen-bond acceptors (Lipinski definition) is 5. The molecular formula is C21H16F2N2O5. The summed E-state index contributed by atoms with van der Waals surface area (Å²) in [6.07, 6.45) is 0. The maximum absolute atomic E-state index is 13.4. The predicted octanol–water partition coefficient (Wildman–Crippen LogP) is 3.89. The first-order valence-electron chi connectivity index (χ1n) is 8.55. The van der Waals surface area contributed by atoms with Gasteiger partial charge >= 0.3 is 0 Å². The van der Waals surface area contributed by atoms with E-state index in [0.29, 0.717) is 0 Å². The zero-order valence-electron chi connectivity index (χ0n) is 15.6. The lowest BCUT2D eigenvalue weighted by atomic mass is 10.1. The molecule has 7 nitrogen and oxygen atoms in total. The first kappa shape index (κ1) is 20.6. The van der Waals surface area contributed by atoms with Crippen LogP contribution in [0.4, 0.5) is 20.2 Å². The molecule has 0 aromatic heterocycles. The van der Waals surface area contributed by atoms with Crippen LogP contribution in [0.3, 0.4) is 0 Å². The number of ether oxygens (including phenoxy) is 1. The van der Waals surface area contributed by atoms with Crippen LogP contribution in [0.15, 0.2) is 54.6 Å². The Morgan fingerprint density at radius 1 is 0.800 bits per heavy atom. The van der Waals surface area contributed by atoms with Crippen molar-refractivity contribution in [3.63, 3.8) is 0 Å². The fourth-order valence-electron chi connectivity index (χ4n) is 2.72. The fraction of sp³-hybridized carbons (Fsp3) is 0.0476.